The van der Waals surface area contributed by atoms with E-state index in [9.17, 15) is 0 Å². The zero-order chi connectivity index (χ0) is 2.71. The van der Waals surface area contributed by atoms with E-state index in [0.29, 0.717) is 0 Å². The summed E-state index contributed by atoms with van der Waals surface area (Å²) < 4.78 is 0. The van der Waals surface area contributed by atoms with E-state index >= 15 is 0 Å². The first kappa shape index (κ1) is 9.07. The number of rotatable bonds is 0. The highest BCUT2D eigenvalue weighted by molar-refractivity contribution is 4.50. The molecule has 0 fully saturated rings. The van der Waals surface area contributed by atoms with Crippen LogP contribution in [0.5, 0.6) is 0 Å². The van der Waals surface area contributed by atoms with Gasteiger partial charge in [0.1, 0.15) is 0 Å². The molecular formula is C2H10N2. The average molecular weight is 62.1 g/mol. The third-order valence-electron chi connectivity index (χ3n) is 0. The van der Waals surface area contributed by atoms with Crippen LogP contribution < -0.4 is 6.15 Å². The number of quaternary nitrogens is 1. The molecule has 0 heterocycles. The Balaban J connectivity index is 0. The van der Waals surface area contributed by atoms with Crippen LogP contribution in [0.3, 0.4) is 0 Å². The van der Waals surface area contributed by atoms with Gasteiger partial charge in [-0.05, 0) is 0 Å². The third kappa shape index (κ3) is 254. The molecular weight excluding hydrogens is 52.0 g/mol. The van der Waals surface area contributed by atoms with Crippen molar-refractivity contribution in [2.24, 2.45) is 0 Å². The predicted octanol–water partition coefficient (Wildman–Crippen LogP) is 0.996. The summed E-state index contributed by atoms with van der Waals surface area (Å²) in [7, 11) is 3.50. The molecule has 2 heteroatoms. The van der Waals surface area contributed by atoms with Gasteiger partial charge in [-0.2, -0.15) is 14.1 Å². The second kappa shape index (κ2) is 12.7. The quantitative estimate of drug-likeness (QED) is 0.435. The van der Waals surface area contributed by atoms with Crippen molar-refractivity contribution < 1.29 is 0 Å². The van der Waals surface area contributed by atoms with Crippen LogP contribution in [0, 0.1) is 0 Å². The SMILES string of the molecule is C[N-]C.[NH4+]. The Morgan fingerprint density at radius 1 is 1.25 bits per heavy atom. The highest BCUT2D eigenvalue weighted by Crippen LogP contribution is 1.48. The minimum absolute atomic E-state index is 0. The molecule has 0 aromatic rings. The lowest BCUT2D eigenvalue weighted by Gasteiger charge is -1.85. The Hall–Kier alpha value is -0.0800. The molecule has 0 aromatic heterocycles. The van der Waals surface area contributed by atoms with Crippen molar-refractivity contribution in [3.8, 4) is 0 Å². The maximum atomic E-state index is 3.50. The van der Waals surface area contributed by atoms with Crippen LogP contribution in [0.15, 0.2) is 0 Å². The fourth-order valence-electron chi connectivity index (χ4n) is 0. The second-order valence-electron chi connectivity index (χ2n) is 0.447. The summed E-state index contributed by atoms with van der Waals surface area (Å²) >= 11 is 0. The number of hydrogen-bond acceptors (Lipinski definition) is 0. The lowest BCUT2D eigenvalue weighted by Crippen LogP contribution is -1.39. The van der Waals surface area contributed by atoms with E-state index in [-0.39, 0.29) is 6.15 Å². The molecule has 2 nitrogen and oxygen atoms in total. The maximum absolute atomic E-state index is 3.50. The highest BCUT2D eigenvalue weighted by atomic mass is 14.7. The van der Waals surface area contributed by atoms with E-state index in [4.69, 9.17) is 0 Å². The molecule has 0 radical (unpaired) electrons. The fraction of sp³-hybridized carbons (Fsp3) is 1.00. The summed E-state index contributed by atoms with van der Waals surface area (Å²) in [6.07, 6.45) is 0. The maximum Gasteiger partial charge on any atom is -0.162 e. The predicted molar refractivity (Wildman–Crippen MR) is 21.2 cm³/mol. The van der Waals surface area contributed by atoms with Gasteiger partial charge >= 0.3 is 0 Å². The van der Waals surface area contributed by atoms with Crippen molar-refractivity contribution in [1.29, 1.82) is 0 Å². The molecule has 0 unspecified atom stereocenters. The van der Waals surface area contributed by atoms with Gasteiger partial charge in [0.15, 0.2) is 0 Å². The Kier molecular flexibility index (Phi) is 28.8. The zero-order valence-corrected chi connectivity index (χ0v) is 3.45. The van der Waals surface area contributed by atoms with Crippen LogP contribution in [-0.2, 0) is 0 Å². The van der Waals surface area contributed by atoms with E-state index in [1.54, 1.807) is 14.1 Å². The average Bonchev–Trinajstić information content (AvgIpc) is 0.918. The van der Waals surface area contributed by atoms with Gasteiger partial charge in [0.2, 0.25) is 0 Å². The third-order valence-corrected chi connectivity index (χ3v) is 0. The largest absolute Gasteiger partial charge is 0.668 e. The van der Waals surface area contributed by atoms with Crippen LogP contribution in [0.2, 0.25) is 0 Å². The molecule has 0 atom stereocenters. The van der Waals surface area contributed by atoms with Crippen LogP contribution >= 0.6 is 0 Å². The molecule has 0 bridgehead atoms. The molecule has 4 heavy (non-hydrogen) atoms. The Bertz CT molecular complexity index is 4.00. The van der Waals surface area contributed by atoms with Gasteiger partial charge in [-0.3, -0.25) is 0 Å². The summed E-state index contributed by atoms with van der Waals surface area (Å²) in [5, 5.41) is 3.50. The van der Waals surface area contributed by atoms with E-state index in [2.05, 4.69) is 5.32 Å². The first-order valence-corrected chi connectivity index (χ1v) is 0.894. The summed E-state index contributed by atoms with van der Waals surface area (Å²) in [6, 6.07) is 0. The van der Waals surface area contributed by atoms with Crippen LogP contribution in [0.25, 0.3) is 5.32 Å². The lowest BCUT2D eigenvalue weighted by atomic mass is 11.3. The normalized spacial score (nSPS) is 4.50. The molecule has 0 aliphatic heterocycles. The van der Waals surface area contributed by atoms with Gasteiger partial charge in [0.25, 0.3) is 0 Å². The van der Waals surface area contributed by atoms with Crippen LogP contribution in [-0.4, -0.2) is 14.1 Å². The van der Waals surface area contributed by atoms with Crippen molar-refractivity contribution in [3.05, 3.63) is 5.32 Å². The van der Waals surface area contributed by atoms with Gasteiger partial charge in [-0.1, -0.05) is 0 Å². The van der Waals surface area contributed by atoms with E-state index in [1.165, 1.54) is 0 Å². The van der Waals surface area contributed by atoms with E-state index < -0.39 is 0 Å². The second-order valence-corrected chi connectivity index (χ2v) is 0.447. The lowest BCUT2D eigenvalue weighted by molar-refractivity contribution is 1.61. The van der Waals surface area contributed by atoms with Crippen molar-refractivity contribution >= 4 is 0 Å². The van der Waals surface area contributed by atoms with Gasteiger partial charge in [0.05, 0.1) is 0 Å². The van der Waals surface area contributed by atoms with E-state index in [0.717, 1.165) is 0 Å². The zero-order valence-electron chi connectivity index (χ0n) is 3.45. The summed E-state index contributed by atoms with van der Waals surface area (Å²) in [6.45, 7) is 0. The summed E-state index contributed by atoms with van der Waals surface area (Å²) in [5.41, 5.74) is 0. The molecule has 28 valence electrons. The molecule has 4 N–H and O–H groups in total. The van der Waals surface area contributed by atoms with Gasteiger partial charge < -0.3 is 11.5 Å². The molecule has 0 aliphatic rings. The van der Waals surface area contributed by atoms with Crippen molar-refractivity contribution in [1.82, 2.24) is 6.15 Å². The summed E-state index contributed by atoms with van der Waals surface area (Å²) in [5.74, 6) is 0. The molecule has 0 saturated carbocycles. The van der Waals surface area contributed by atoms with Crippen molar-refractivity contribution in [2.75, 3.05) is 14.1 Å². The first-order valence-electron chi connectivity index (χ1n) is 0.894. The molecule has 0 rings (SSSR count). The molecule has 0 aliphatic carbocycles. The topological polar surface area (TPSA) is 50.6 Å². The highest BCUT2D eigenvalue weighted by Gasteiger charge is 1.02. The standard InChI is InChI=1S/C2H6N.H3N/c1-3-2;/h1-2H3;1H3/q-1;/p+1. The van der Waals surface area contributed by atoms with E-state index in [1.807, 2.05) is 0 Å². The monoisotopic (exact) mass is 62.1 g/mol. The van der Waals surface area contributed by atoms with Gasteiger partial charge in [-0.25, -0.2) is 0 Å². The van der Waals surface area contributed by atoms with Crippen LogP contribution in [0.1, 0.15) is 0 Å². The smallest absolute Gasteiger partial charge is 0.162 e. The minimum atomic E-state index is 0. The van der Waals surface area contributed by atoms with Gasteiger partial charge in [-0.15, -0.1) is 0 Å². The Morgan fingerprint density at radius 2 is 1.25 bits per heavy atom. The van der Waals surface area contributed by atoms with Crippen molar-refractivity contribution in [3.63, 3.8) is 0 Å². The Labute approximate surface area is 26.8 Å². The van der Waals surface area contributed by atoms with Crippen LogP contribution in [0.4, 0.5) is 0 Å². The first-order chi connectivity index (χ1) is 1.41. The minimum Gasteiger partial charge on any atom is -0.668 e. The molecule has 0 amide bonds. The molecule has 0 spiro atoms. The fourth-order valence-corrected chi connectivity index (χ4v) is 0. The molecule has 0 saturated heterocycles. The molecule has 0 aromatic carbocycles. The summed E-state index contributed by atoms with van der Waals surface area (Å²) in [4.78, 5) is 0. The van der Waals surface area contributed by atoms with Crippen molar-refractivity contribution in [2.45, 2.75) is 0 Å². The number of nitrogens with zero attached hydrogens (tertiary/aromatic N) is 1. The van der Waals surface area contributed by atoms with Gasteiger partial charge in [0, 0.05) is 0 Å². The number of hydrogen-bond donors (Lipinski definition) is 1. The Morgan fingerprint density at radius 3 is 1.25 bits per heavy atom.